The van der Waals surface area contributed by atoms with Crippen LogP contribution >= 0.6 is 0 Å². The van der Waals surface area contributed by atoms with E-state index in [1.807, 2.05) is 18.3 Å². The Bertz CT molecular complexity index is 542. The fourth-order valence-corrected chi connectivity index (χ4v) is 4.45. The molecule has 1 aromatic heterocycles. The van der Waals surface area contributed by atoms with Crippen LogP contribution in [0, 0.1) is 17.8 Å². The van der Waals surface area contributed by atoms with Gasteiger partial charge in [-0.05, 0) is 63.1 Å². The van der Waals surface area contributed by atoms with Crippen LogP contribution in [-0.2, 0) is 4.79 Å². The summed E-state index contributed by atoms with van der Waals surface area (Å²) in [5.41, 5.74) is 5.88. The summed E-state index contributed by atoms with van der Waals surface area (Å²) in [7, 11) is 0. The molecule has 0 bridgehead atoms. The van der Waals surface area contributed by atoms with Crippen molar-refractivity contribution in [3.8, 4) is 0 Å². The van der Waals surface area contributed by atoms with Crippen molar-refractivity contribution in [3.63, 3.8) is 0 Å². The highest BCUT2D eigenvalue weighted by molar-refractivity contribution is 5.79. The molecule has 2 atom stereocenters. The molecule has 2 heterocycles. The summed E-state index contributed by atoms with van der Waals surface area (Å²) in [6.07, 6.45) is 7.41. The van der Waals surface area contributed by atoms with E-state index < -0.39 is 0 Å². The first-order valence-electron chi connectivity index (χ1n) is 9.87. The molecule has 1 aliphatic carbocycles. The van der Waals surface area contributed by atoms with Crippen LogP contribution in [0.25, 0.3) is 0 Å². The molecule has 1 aromatic rings. The first kappa shape index (κ1) is 18.2. The maximum absolute atomic E-state index is 13.0. The van der Waals surface area contributed by atoms with Gasteiger partial charge < -0.3 is 15.5 Å². The maximum Gasteiger partial charge on any atom is 0.226 e. The Labute approximate surface area is 151 Å². The lowest BCUT2D eigenvalue weighted by molar-refractivity contribution is -0.137. The number of carbonyl (C=O) groups excluding carboxylic acids is 1. The van der Waals surface area contributed by atoms with E-state index in [1.165, 1.54) is 0 Å². The van der Waals surface area contributed by atoms with Crippen molar-refractivity contribution < 1.29 is 4.79 Å². The minimum absolute atomic E-state index is 0.165. The molecule has 0 aromatic carbocycles. The highest BCUT2D eigenvalue weighted by Gasteiger charge is 2.35. The minimum atomic E-state index is 0.165. The van der Waals surface area contributed by atoms with Crippen LogP contribution in [-0.4, -0.2) is 48.5 Å². The Kier molecular flexibility index (Phi) is 6.29. The van der Waals surface area contributed by atoms with Crippen molar-refractivity contribution in [2.24, 2.45) is 23.5 Å². The van der Waals surface area contributed by atoms with Crippen LogP contribution in [0.4, 0.5) is 5.82 Å². The smallest absolute Gasteiger partial charge is 0.226 e. The van der Waals surface area contributed by atoms with Gasteiger partial charge in [-0.3, -0.25) is 4.79 Å². The number of amides is 1. The van der Waals surface area contributed by atoms with Gasteiger partial charge in [0, 0.05) is 38.3 Å². The number of nitrogens with zero attached hydrogens (tertiary/aromatic N) is 3. The predicted octanol–water partition coefficient (Wildman–Crippen LogP) is 2.52. The number of nitrogens with two attached hydrogens (primary N) is 1. The van der Waals surface area contributed by atoms with Crippen LogP contribution < -0.4 is 10.6 Å². The third-order valence-electron chi connectivity index (χ3n) is 6.04. The number of aromatic nitrogens is 1. The molecule has 2 aliphatic rings. The Hall–Kier alpha value is -1.62. The van der Waals surface area contributed by atoms with Gasteiger partial charge in [-0.1, -0.05) is 12.5 Å². The molecule has 138 valence electrons. The first-order valence-corrected chi connectivity index (χ1v) is 9.87. The molecule has 1 aliphatic heterocycles. The average Bonchev–Trinajstić information content (AvgIpc) is 3.15. The van der Waals surface area contributed by atoms with E-state index in [4.69, 9.17) is 5.73 Å². The summed E-state index contributed by atoms with van der Waals surface area (Å²) in [4.78, 5) is 21.9. The van der Waals surface area contributed by atoms with Gasteiger partial charge in [0.1, 0.15) is 5.82 Å². The van der Waals surface area contributed by atoms with Crippen molar-refractivity contribution >= 4 is 11.7 Å². The van der Waals surface area contributed by atoms with Gasteiger partial charge in [-0.25, -0.2) is 4.98 Å². The van der Waals surface area contributed by atoms with Crippen LogP contribution in [0.2, 0.25) is 0 Å². The van der Waals surface area contributed by atoms with E-state index in [0.29, 0.717) is 24.3 Å². The molecule has 1 saturated carbocycles. The first-order chi connectivity index (χ1) is 12.2. The quantitative estimate of drug-likeness (QED) is 0.861. The zero-order valence-corrected chi connectivity index (χ0v) is 15.4. The molecule has 0 radical (unpaired) electrons. The third-order valence-corrected chi connectivity index (χ3v) is 6.04. The highest BCUT2D eigenvalue weighted by Crippen LogP contribution is 2.33. The average molecular weight is 345 g/mol. The second-order valence-corrected chi connectivity index (χ2v) is 7.53. The monoisotopic (exact) mass is 344 g/mol. The van der Waals surface area contributed by atoms with Crippen molar-refractivity contribution in [1.29, 1.82) is 0 Å². The van der Waals surface area contributed by atoms with Crippen LogP contribution in [0.3, 0.4) is 0 Å². The lowest BCUT2D eigenvalue weighted by Gasteiger charge is -2.36. The summed E-state index contributed by atoms with van der Waals surface area (Å²) in [5, 5.41) is 0. The van der Waals surface area contributed by atoms with Crippen LogP contribution in [0.5, 0.6) is 0 Å². The molecule has 1 saturated heterocycles. The number of piperidine rings is 1. The minimum Gasteiger partial charge on any atom is -0.357 e. The van der Waals surface area contributed by atoms with Crippen molar-refractivity contribution in [3.05, 3.63) is 24.4 Å². The Morgan fingerprint density at radius 2 is 2.08 bits per heavy atom. The lowest BCUT2D eigenvalue weighted by Crippen LogP contribution is -2.44. The van der Waals surface area contributed by atoms with E-state index in [1.54, 1.807) is 0 Å². The lowest BCUT2D eigenvalue weighted by atomic mass is 9.92. The number of hydrogen-bond donors (Lipinski definition) is 1. The molecule has 3 rings (SSSR count). The Morgan fingerprint density at radius 1 is 1.28 bits per heavy atom. The Morgan fingerprint density at radius 3 is 2.72 bits per heavy atom. The van der Waals surface area contributed by atoms with Crippen molar-refractivity contribution in [2.75, 3.05) is 37.6 Å². The van der Waals surface area contributed by atoms with Crippen LogP contribution in [0.15, 0.2) is 24.4 Å². The normalized spacial score (nSPS) is 24.5. The van der Waals surface area contributed by atoms with E-state index in [9.17, 15) is 4.79 Å². The molecule has 0 unspecified atom stereocenters. The third kappa shape index (κ3) is 4.32. The molecule has 5 heteroatoms. The number of pyridine rings is 1. The van der Waals surface area contributed by atoms with Gasteiger partial charge in [0.2, 0.25) is 5.91 Å². The standard InChI is InChI=1S/C20H32N4O/c1-2-23(20(25)18-7-5-6-17(18)14-21)15-16-9-12-24(13-10-16)19-8-3-4-11-22-19/h3-4,8,11,16-18H,2,5-7,9-10,12-15,21H2,1H3/t17-,18-/m1/s1. The maximum atomic E-state index is 13.0. The van der Waals surface area contributed by atoms with Gasteiger partial charge in [0.05, 0.1) is 0 Å². The molecule has 25 heavy (non-hydrogen) atoms. The SMILES string of the molecule is CCN(CC1CCN(c2ccccn2)CC1)C(=O)[C@@H]1CCC[C@@H]1CN. The summed E-state index contributed by atoms with van der Waals surface area (Å²) in [6, 6.07) is 6.08. The van der Waals surface area contributed by atoms with E-state index in [2.05, 4.69) is 27.8 Å². The van der Waals surface area contributed by atoms with Gasteiger partial charge in [0.15, 0.2) is 0 Å². The summed E-state index contributed by atoms with van der Waals surface area (Å²) in [5.74, 6) is 2.58. The van der Waals surface area contributed by atoms with Gasteiger partial charge in [-0.15, -0.1) is 0 Å². The topological polar surface area (TPSA) is 62.5 Å². The molecule has 2 fully saturated rings. The summed E-state index contributed by atoms with van der Waals surface area (Å²) < 4.78 is 0. The number of carbonyl (C=O) groups is 1. The van der Waals surface area contributed by atoms with Crippen LogP contribution in [0.1, 0.15) is 39.0 Å². The van der Waals surface area contributed by atoms with E-state index in [-0.39, 0.29) is 5.92 Å². The second-order valence-electron chi connectivity index (χ2n) is 7.53. The van der Waals surface area contributed by atoms with E-state index >= 15 is 0 Å². The summed E-state index contributed by atoms with van der Waals surface area (Å²) >= 11 is 0. The van der Waals surface area contributed by atoms with Crippen molar-refractivity contribution in [2.45, 2.75) is 39.0 Å². The Balaban J connectivity index is 1.52. The number of anilines is 1. The molecule has 2 N–H and O–H groups in total. The zero-order valence-electron chi connectivity index (χ0n) is 15.4. The number of hydrogen-bond acceptors (Lipinski definition) is 4. The molecule has 1 amide bonds. The van der Waals surface area contributed by atoms with Gasteiger partial charge >= 0.3 is 0 Å². The van der Waals surface area contributed by atoms with Gasteiger partial charge in [-0.2, -0.15) is 0 Å². The summed E-state index contributed by atoms with van der Waals surface area (Å²) in [6.45, 7) is 6.53. The van der Waals surface area contributed by atoms with E-state index in [0.717, 1.165) is 64.1 Å². The molecular weight excluding hydrogens is 312 g/mol. The largest absolute Gasteiger partial charge is 0.357 e. The molecular formula is C20H32N4O. The predicted molar refractivity (Wildman–Crippen MR) is 101 cm³/mol. The fourth-order valence-electron chi connectivity index (χ4n) is 4.45. The van der Waals surface area contributed by atoms with Crippen molar-refractivity contribution in [1.82, 2.24) is 9.88 Å². The van der Waals surface area contributed by atoms with Gasteiger partial charge in [0.25, 0.3) is 0 Å². The number of rotatable bonds is 6. The zero-order chi connectivity index (χ0) is 17.6. The second kappa shape index (κ2) is 8.65. The molecule has 5 nitrogen and oxygen atoms in total. The molecule has 0 spiro atoms. The fraction of sp³-hybridized carbons (Fsp3) is 0.700. The highest BCUT2D eigenvalue weighted by atomic mass is 16.2.